The van der Waals surface area contributed by atoms with Gasteiger partial charge in [0.15, 0.2) is 5.76 Å². The van der Waals surface area contributed by atoms with Crippen LogP contribution < -0.4 is 5.32 Å². The quantitative estimate of drug-likeness (QED) is 0.913. The van der Waals surface area contributed by atoms with Gasteiger partial charge in [-0.15, -0.1) is 0 Å². The highest BCUT2D eigenvalue weighted by molar-refractivity contribution is 6.30. The van der Waals surface area contributed by atoms with E-state index in [-0.39, 0.29) is 5.91 Å². The summed E-state index contributed by atoms with van der Waals surface area (Å²) in [6.07, 6.45) is 0.899. The fourth-order valence-corrected chi connectivity index (χ4v) is 1.68. The fraction of sp³-hybridized carbons (Fsp3) is 0.214. The maximum Gasteiger partial charge on any atom is 0.287 e. The minimum absolute atomic E-state index is 0.183. The third kappa shape index (κ3) is 2.93. The predicted octanol–water partition coefficient (Wildman–Crippen LogP) is 3.74. The maximum absolute atomic E-state index is 11.7. The lowest BCUT2D eigenvalue weighted by atomic mass is 10.2. The van der Waals surface area contributed by atoms with Gasteiger partial charge in [-0.3, -0.25) is 4.79 Å². The van der Waals surface area contributed by atoms with Crippen molar-refractivity contribution in [2.45, 2.75) is 13.3 Å². The summed E-state index contributed by atoms with van der Waals surface area (Å²) >= 11 is 5.82. The van der Waals surface area contributed by atoms with Crippen LogP contribution in [0.5, 0.6) is 0 Å². The molecule has 3 nitrogen and oxygen atoms in total. The van der Waals surface area contributed by atoms with Gasteiger partial charge in [-0.05, 0) is 42.8 Å². The van der Waals surface area contributed by atoms with Crippen LogP contribution >= 0.6 is 11.6 Å². The SMILES string of the molecule is CCCNC(=O)c1ccc(-c2ccc(Cl)cc2)o1. The van der Waals surface area contributed by atoms with Gasteiger partial charge in [0.25, 0.3) is 5.91 Å². The Hall–Kier alpha value is -1.74. The van der Waals surface area contributed by atoms with E-state index in [4.69, 9.17) is 16.0 Å². The minimum Gasteiger partial charge on any atom is -0.451 e. The zero-order valence-corrected chi connectivity index (χ0v) is 10.8. The zero-order chi connectivity index (χ0) is 13.0. The van der Waals surface area contributed by atoms with Gasteiger partial charge < -0.3 is 9.73 Å². The van der Waals surface area contributed by atoms with Crippen molar-refractivity contribution in [3.8, 4) is 11.3 Å². The van der Waals surface area contributed by atoms with Crippen molar-refractivity contribution in [1.82, 2.24) is 5.32 Å². The first-order valence-electron chi connectivity index (χ1n) is 5.84. The van der Waals surface area contributed by atoms with Gasteiger partial charge in [-0.1, -0.05) is 18.5 Å². The molecule has 0 aliphatic heterocycles. The van der Waals surface area contributed by atoms with Gasteiger partial charge in [0.05, 0.1) is 0 Å². The van der Waals surface area contributed by atoms with E-state index in [1.165, 1.54) is 0 Å². The Balaban J connectivity index is 2.15. The van der Waals surface area contributed by atoms with Crippen LogP contribution in [-0.4, -0.2) is 12.5 Å². The predicted molar refractivity (Wildman–Crippen MR) is 71.8 cm³/mol. The van der Waals surface area contributed by atoms with Crippen LogP contribution in [0.4, 0.5) is 0 Å². The van der Waals surface area contributed by atoms with Crippen molar-refractivity contribution in [3.63, 3.8) is 0 Å². The molecule has 0 fully saturated rings. The van der Waals surface area contributed by atoms with Crippen molar-refractivity contribution in [2.75, 3.05) is 6.54 Å². The topological polar surface area (TPSA) is 42.2 Å². The summed E-state index contributed by atoms with van der Waals surface area (Å²) in [5, 5.41) is 3.44. The first-order valence-corrected chi connectivity index (χ1v) is 6.22. The highest BCUT2D eigenvalue weighted by Gasteiger charge is 2.11. The van der Waals surface area contributed by atoms with Crippen LogP contribution in [-0.2, 0) is 0 Å². The number of halogens is 1. The highest BCUT2D eigenvalue weighted by atomic mass is 35.5. The molecule has 2 aromatic rings. The average molecular weight is 264 g/mol. The summed E-state index contributed by atoms with van der Waals surface area (Å²) in [4.78, 5) is 11.7. The van der Waals surface area contributed by atoms with Gasteiger partial charge in [-0.25, -0.2) is 0 Å². The van der Waals surface area contributed by atoms with Crippen molar-refractivity contribution in [3.05, 3.63) is 47.2 Å². The summed E-state index contributed by atoms with van der Waals surface area (Å²) in [6.45, 7) is 2.65. The van der Waals surface area contributed by atoms with Gasteiger partial charge in [0.2, 0.25) is 0 Å². The first-order chi connectivity index (χ1) is 8.70. The molecule has 0 radical (unpaired) electrons. The van der Waals surface area contributed by atoms with Crippen LogP contribution in [0.3, 0.4) is 0 Å². The highest BCUT2D eigenvalue weighted by Crippen LogP contribution is 2.23. The van der Waals surface area contributed by atoms with Gasteiger partial charge >= 0.3 is 0 Å². The molecule has 0 spiro atoms. The van der Waals surface area contributed by atoms with Crippen LogP contribution in [0.1, 0.15) is 23.9 Å². The standard InChI is InChI=1S/C14H14ClNO2/c1-2-9-16-14(17)13-8-7-12(18-13)10-3-5-11(15)6-4-10/h3-8H,2,9H2,1H3,(H,16,17). The van der Waals surface area contributed by atoms with Gasteiger partial charge in [-0.2, -0.15) is 0 Å². The van der Waals surface area contributed by atoms with Crippen molar-refractivity contribution in [1.29, 1.82) is 0 Å². The number of amides is 1. The van der Waals surface area contributed by atoms with E-state index in [2.05, 4.69) is 5.32 Å². The third-order valence-electron chi connectivity index (χ3n) is 2.49. The summed E-state index contributed by atoms with van der Waals surface area (Å²) in [6, 6.07) is 10.7. The van der Waals surface area contributed by atoms with Crippen LogP contribution in [0.25, 0.3) is 11.3 Å². The first kappa shape index (κ1) is 12.7. The van der Waals surface area contributed by atoms with E-state index in [1.54, 1.807) is 24.3 Å². The molecule has 0 bridgehead atoms. The Labute approximate surface area is 111 Å². The molecule has 0 aliphatic carbocycles. The number of furan rings is 1. The summed E-state index contributed by atoms with van der Waals surface area (Å²) < 4.78 is 5.51. The van der Waals surface area contributed by atoms with Gasteiger partial charge in [0.1, 0.15) is 5.76 Å². The molecule has 94 valence electrons. The molecule has 0 atom stereocenters. The largest absolute Gasteiger partial charge is 0.451 e. The molecule has 1 heterocycles. The van der Waals surface area contributed by atoms with Gasteiger partial charge in [0, 0.05) is 17.1 Å². The molecule has 0 saturated heterocycles. The average Bonchev–Trinajstić information content (AvgIpc) is 2.86. The van der Waals surface area contributed by atoms with E-state index < -0.39 is 0 Å². The molecule has 4 heteroatoms. The van der Waals surface area contributed by atoms with Crippen LogP contribution in [0.2, 0.25) is 5.02 Å². The molecule has 1 N–H and O–H groups in total. The third-order valence-corrected chi connectivity index (χ3v) is 2.75. The van der Waals surface area contributed by atoms with E-state index in [0.29, 0.717) is 23.1 Å². The molecule has 0 unspecified atom stereocenters. The van der Waals surface area contributed by atoms with E-state index in [1.807, 2.05) is 19.1 Å². The summed E-state index contributed by atoms with van der Waals surface area (Å²) in [5.74, 6) is 0.804. The number of hydrogen-bond donors (Lipinski definition) is 1. The molecule has 1 aromatic heterocycles. The second-order valence-corrected chi connectivity index (χ2v) is 4.36. The van der Waals surface area contributed by atoms with E-state index in [0.717, 1.165) is 12.0 Å². The zero-order valence-electron chi connectivity index (χ0n) is 10.1. The van der Waals surface area contributed by atoms with Crippen LogP contribution in [0, 0.1) is 0 Å². The molecule has 0 saturated carbocycles. The molecule has 2 rings (SSSR count). The number of hydrogen-bond acceptors (Lipinski definition) is 2. The molecule has 0 aliphatic rings. The second-order valence-electron chi connectivity index (χ2n) is 3.93. The monoisotopic (exact) mass is 263 g/mol. The fourth-order valence-electron chi connectivity index (χ4n) is 1.55. The van der Waals surface area contributed by atoms with Crippen molar-refractivity contribution >= 4 is 17.5 Å². The number of carbonyl (C=O) groups is 1. The Morgan fingerprint density at radius 2 is 1.94 bits per heavy atom. The lowest BCUT2D eigenvalue weighted by Crippen LogP contribution is -2.23. The Bertz CT molecular complexity index is 531. The Morgan fingerprint density at radius 3 is 2.61 bits per heavy atom. The van der Waals surface area contributed by atoms with E-state index in [9.17, 15) is 4.79 Å². The van der Waals surface area contributed by atoms with Crippen LogP contribution in [0.15, 0.2) is 40.8 Å². The molecule has 18 heavy (non-hydrogen) atoms. The molecule has 1 amide bonds. The normalized spacial score (nSPS) is 10.3. The van der Waals surface area contributed by atoms with Crippen molar-refractivity contribution < 1.29 is 9.21 Å². The lowest BCUT2D eigenvalue weighted by Gasteiger charge is -2.00. The Kier molecular flexibility index (Phi) is 4.05. The summed E-state index contributed by atoms with van der Waals surface area (Å²) in [5.41, 5.74) is 0.897. The number of benzene rings is 1. The molecular formula is C14H14ClNO2. The minimum atomic E-state index is -0.183. The molecule has 1 aromatic carbocycles. The number of carbonyl (C=O) groups excluding carboxylic acids is 1. The second kappa shape index (κ2) is 5.74. The Morgan fingerprint density at radius 1 is 1.22 bits per heavy atom. The van der Waals surface area contributed by atoms with E-state index >= 15 is 0 Å². The smallest absolute Gasteiger partial charge is 0.287 e. The summed E-state index contributed by atoms with van der Waals surface area (Å²) in [7, 11) is 0. The number of nitrogens with one attached hydrogen (secondary N) is 1. The molecular weight excluding hydrogens is 250 g/mol. The number of rotatable bonds is 4. The maximum atomic E-state index is 11.7. The lowest BCUT2D eigenvalue weighted by molar-refractivity contribution is 0.0927. The van der Waals surface area contributed by atoms with Crippen molar-refractivity contribution in [2.24, 2.45) is 0 Å².